The summed E-state index contributed by atoms with van der Waals surface area (Å²) in [5, 5.41) is 268. The highest BCUT2D eigenvalue weighted by molar-refractivity contribution is 5.75. The molecule has 30 fully saturated rings. The molecule has 25 N–H and O–H groups in total. The summed E-state index contributed by atoms with van der Waals surface area (Å²) in [6, 6.07) is 0. The summed E-state index contributed by atoms with van der Waals surface area (Å²) < 4.78 is 91.9. The van der Waals surface area contributed by atoms with Crippen LogP contribution in [0, 0.1) is 0 Å². The first-order chi connectivity index (χ1) is 44.3. The van der Waals surface area contributed by atoms with Gasteiger partial charge in [0.15, 0.2) is 50.3 Å². The van der Waals surface area contributed by atoms with Crippen molar-refractivity contribution in [1.29, 1.82) is 0 Å². The van der Waals surface area contributed by atoms with E-state index in [4.69, 9.17) is 75.8 Å². The molecule has 16 unspecified atom stereocenters. The molecule has 0 aromatic heterocycles. The first kappa shape index (κ1) is 75.1. The molecule has 0 radical (unpaired) electrons. The fraction of sp³-hybridized carbons (Fsp3) is 0.980. The summed E-state index contributed by atoms with van der Waals surface area (Å²) in [5.74, 6) is -0.819. The van der Waals surface area contributed by atoms with Gasteiger partial charge in [-0.05, 0) is 0 Å². The van der Waals surface area contributed by atoms with Crippen molar-refractivity contribution in [1.82, 2.24) is 5.32 Å². The number of aliphatic hydroxyl groups excluding tert-OH is 24. The largest absolute Gasteiger partial charge is 0.396 e. The van der Waals surface area contributed by atoms with Gasteiger partial charge in [-0.1, -0.05) is 0 Å². The van der Waals surface area contributed by atoms with Crippen LogP contribution in [0.15, 0.2) is 0 Å². The van der Waals surface area contributed by atoms with E-state index in [0.29, 0.717) is 0 Å². The minimum Gasteiger partial charge on any atom is -0.396 e. The van der Waals surface area contributed by atoms with Crippen LogP contribution in [0.3, 0.4) is 0 Å². The minimum atomic E-state index is -2.30. The topological polar surface area (TPSA) is 662 Å². The molecule has 30 heterocycles. The molecular weight excluding hydrogens is 1280 g/mol. The number of carbonyl (C=O) groups excluding carboxylic acids is 1. The Hall–Kier alpha value is -2.13. The van der Waals surface area contributed by atoms with Crippen molar-refractivity contribution >= 4 is 5.91 Å². The Kier molecular flexibility index (Phi) is 26.2. The van der Waals surface area contributed by atoms with E-state index < -0.39 is 317 Å². The predicted octanol–water partition coefficient (Wildman–Crippen LogP) is -17.9. The molecule has 30 aliphatic heterocycles. The van der Waals surface area contributed by atoms with E-state index in [-0.39, 0.29) is 0 Å². The maximum Gasteiger partial charge on any atom is 0.222 e. The van der Waals surface area contributed by atoms with Gasteiger partial charge in [0.25, 0.3) is 0 Å². The van der Waals surface area contributed by atoms with E-state index in [1.165, 1.54) is 0 Å². The number of ether oxygens (including phenoxy) is 16. The van der Waals surface area contributed by atoms with Crippen molar-refractivity contribution in [3.8, 4) is 0 Å². The van der Waals surface area contributed by atoms with Crippen molar-refractivity contribution in [2.45, 2.75) is 252 Å². The van der Waals surface area contributed by atoms with Crippen molar-refractivity contribution in [2.24, 2.45) is 0 Å². The van der Waals surface area contributed by atoms with Crippen LogP contribution in [0.25, 0.3) is 0 Å². The minimum absolute atomic E-state index is 0.480. The highest BCUT2D eigenvalue weighted by atomic mass is 16.8. The van der Waals surface area contributed by atoms with Crippen molar-refractivity contribution < 1.29 is 203 Å². The third-order valence-corrected chi connectivity index (χ3v) is 17.6. The Morgan fingerprint density at radius 2 is 0.376 bits per heavy atom. The Balaban J connectivity index is 0.993. The molecule has 30 rings (SSSR count). The Morgan fingerprint density at radius 3 is 0.527 bits per heavy atom. The molecule has 0 aliphatic carbocycles. The Labute approximate surface area is 525 Å². The zero-order valence-corrected chi connectivity index (χ0v) is 48.8. The molecule has 40 atom stereocenters. The molecule has 0 aromatic rings. The standard InChI is InChI=1S/C51H85NO41/c53-2-1-19(61)52-3-11-36-20(62)28(70)44(78-11)87-37-12(4-54)80-46(30(72)22(37)64)89-39-14(6-56)82-48(32(74)24(39)66)91-41-16(8-58)84-50(34(76)26(41)68)93-43-18(10-60)85-51(35(77)27(43)69)92-42-17(9-59)83-49(33(75)25(42)67)90-40-15(7-57)81-47(31(73)23(40)65)88-38-13(5-55)79-45(86-36)29(71)21(38)63/h11-18,20-51,53-60,62-77H,1-10H2,(H,52,61)/t11?,12?,13?,14?,15?,16?,17?,18?,20-,21-,22-,23-,24-,25-,26-,27-,28?,29?,30?,31?,32?,33?,34?,35?,36-,37-,38-,39-,40-,41-,42-,43-,44-,45-,46-,47+,48-,49+,50-,51+/m1/s1. The lowest BCUT2D eigenvalue weighted by Crippen LogP contribution is -2.69. The maximum absolute atomic E-state index is 12.6. The van der Waals surface area contributed by atoms with Gasteiger partial charge in [-0.15, -0.1) is 0 Å². The molecule has 1 amide bonds. The van der Waals surface area contributed by atoms with Crippen LogP contribution in [-0.2, 0) is 80.6 Å². The second kappa shape index (κ2) is 32.5. The number of amides is 1. The van der Waals surface area contributed by atoms with Crippen molar-refractivity contribution in [3.63, 3.8) is 0 Å². The van der Waals surface area contributed by atoms with Gasteiger partial charge in [0.2, 0.25) is 5.91 Å². The molecule has 540 valence electrons. The molecule has 0 saturated carbocycles. The number of carbonyl (C=O) groups is 1. The van der Waals surface area contributed by atoms with Gasteiger partial charge in [0.1, 0.15) is 195 Å². The van der Waals surface area contributed by atoms with Crippen LogP contribution >= 0.6 is 0 Å². The number of hydrogen-bond acceptors (Lipinski definition) is 41. The number of rotatable bonds is 11. The SMILES string of the molecule is O=C(CCO)NCC1O[C@@H]2O[C@@H]3C(CO)O[C@H](O[C@@H]4C(CO)O[C@H](O[C@@H]5C(CO)O[C@H](O[C@@H]6C(CO)O[C@@H](O[C@@H]7C(CO)O[C@@H](O[C@@H]8C(CO)O[C@@H](O[C@@H]9C(CO)O[C@H](O[C@H]1[C@H](O)C2O)C(O)[C@H]9O)C(O)[C@H]8O)C(O)[C@H]7O)C(O)[C@H]6O)C(O)[C@H]5O)C(O)[C@H]4O)C(O)[C@H]3O. The van der Waals surface area contributed by atoms with Crippen LogP contribution in [0.2, 0.25) is 0 Å². The van der Waals surface area contributed by atoms with Crippen LogP contribution in [-0.4, -0.2) is 434 Å². The van der Waals surface area contributed by atoms with Crippen LogP contribution < -0.4 is 5.32 Å². The molecule has 0 aromatic carbocycles. The van der Waals surface area contributed by atoms with Gasteiger partial charge in [0, 0.05) is 13.0 Å². The average Bonchev–Trinajstić information content (AvgIpc) is 0.852. The summed E-state index contributed by atoms with van der Waals surface area (Å²) in [5.41, 5.74) is 0. The lowest BCUT2D eigenvalue weighted by molar-refractivity contribution is -0.403. The fourth-order valence-electron chi connectivity index (χ4n) is 12.3. The highest BCUT2D eigenvalue weighted by Gasteiger charge is 2.60. The zero-order chi connectivity index (χ0) is 67.8. The first-order valence-corrected chi connectivity index (χ1v) is 29.8. The molecule has 16 bridgehead atoms. The Morgan fingerprint density at radius 1 is 0.226 bits per heavy atom. The molecular formula is C51H85NO41. The normalized spacial score (nSPS) is 52.9. The molecule has 0 spiro atoms. The van der Waals surface area contributed by atoms with E-state index in [2.05, 4.69) is 5.32 Å². The lowest BCUT2D eigenvalue weighted by Gasteiger charge is -2.50. The summed E-state index contributed by atoms with van der Waals surface area (Å²) in [6.07, 6.45) is -83.4. The molecule has 42 heteroatoms. The number of hydrogen-bond donors (Lipinski definition) is 25. The smallest absolute Gasteiger partial charge is 0.222 e. The predicted molar refractivity (Wildman–Crippen MR) is 279 cm³/mol. The second-order valence-electron chi connectivity index (χ2n) is 23.6. The Bertz CT molecular complexity index is 2300. The highest BCUT2D eigenvalue weighted by Crippen LogP contribution is 2.40. The number of nitrogens with one attached hydrogen (secondary N) is 1. The summed E-state index contributed by atoms with van der Waals surface area (Å²) >= 11 is 0. The molecule has 30 saturated heterocycles. The van der Waals surface area contributed by atoms with E-state index in [1.54, 1.807) is 0 Å². The monoisotopic (exact) mass is 1370 g/mol. The van der Waals surface area contributed by atoms with E-state index in [0.717, 1.165) is 0 Å². The van der Waals surface area contributed by atoms with Gasteiger partial charge in [-0.2, -0.15) is 0 Å². The summed E-state index contributed by atoms with van der Waals surface area (Å²) in [4.78, 5) is 12.6. The van der Waals surface area contributed by atoms with Gasteiger partial charge in [-0.25, -0.2) is 0 Å². The lowest BCUT2D eigenvalue weighted by atomic mass is 9.94. The molecule has 30 aliphatic rings. The quantitative estimate of drug-likeness (QED) is 0.0913. The molecule has 42 nitrogen and oxygen atoms in total. The van der Waals surface area contributed by atoms with Gasteiger partial charge in [-0.3, -0.25) is 4.79 Å². The van der Waals surface area contributed by atoms with Gasteiger partial charge in [0.05, 0.1) is 52.9 Å². The summed E-state index contributed by atoms with van der Waals surface area (Å²) in [6.45, 7) is -9.03. The molecule has 93 heavy (non-hydrogen) atoms. The van der Waals surface area contributed by atoms with Crippen LogP contribution in [0.5, 0.6) is 0 Å². The third kappa shape index (κ3) is 15.5. The van der Waals surface area contributed by atoms with Crippen molar-refractivity contribution in [2.75, 3.05) is 59.4 Å². The van der Waals surface area contributed by atoms with E-state index in [1.807, 2.05) is 0 Å². The van der Waals surface area contributed by atoms with E-state index >= 15 is 0 Å². The fourth-order valence-corrected chi connectivity index (χ4v) is 12.3. The second-order valence-corrected chi connectivity index (χ2v) is 23.6. The number of aliphatic hydroxyl groups is 24. The summed E-state index contributed by atoms with van der Waals surface area (Å²) in [7, 11) is 0. The van der Waals surface area contributed by atoms with Crippen molar-refractivity contribution in [3.05, 3.63) is 0 Å². The van der Waals surface area contributed by atoms with Crippen LogP contribution in [0.1, 0.15) is 6.42 Å². The maximum atomic E-state index is 12.6. The zero-order valence-electron chi connectivity index (χ0n) is 48.8. The first-order valence-electron chi connectivity index (χ1n) is 29.8. The van der Waals surface area contributed by atoms with E-state index in [9.17, 15) is 127 Å². The third-order valence-electron chi connectivity index (χ3n) is 17.6. The van der Waals surface area contributed by atoms with Crippen LogP contribution in [0.4, 0.5) is 0 Å². The average molecular weight is 1370 g/mol. The van der Waals surface area contributed by atoms with Gasteiger partial charge >= 0.3 is 0 Å². The van der Waals surface area contributed by atoms with Gasteiger partial charge < -0.3 is 204 Å².